The van der Waals surface area contributed by atoms with Crippen LogP contribution < -0.4 is 0 Å². The van der Waals surface area contributed by atoms with Crippen molar-refractivity contribution in [1.29, 1.82) is 0 Å². The van der Waals surface area contributed by atoms with Crippen molar-refractivity contribution in [2.75, 3.05) is 0 Å². The van der Waals surface area contributed by atoms with E-state index in [-0.39, 0.29) is 0 Å². The smallest absolute Gasteiger partial charge is 0.164 e. The van der Waals surface area contributed by atoms with Gasteiger partial charge in [-0.3, -0.25) is 0 Å². The second-order valence-corrected chi connectivity index (χ2v) is 30.6. The molecule has 13 aromatic carbocycles. The molecule has 0 bridgehead atoms. The van der Waals surface area contributed by atoms with Crippen molar-refractivity contribution < 1.29 is 0 Å². The number of hydrogen-bond acceptors (Lipinski definition) is 10. The molecule has 8 heterocycles. The largest absolute Gasteiger partial charge is 0.309 e. The summed E-state index contributed by atoms with van der Waals surface area (Å²) in [6.45, 7) is 0. The van der Waals surface area contributed by atoms with Crippen LogP contribution in [0.25, 0.3) is 209 Å². The summed E-state index contributed by atoms with van der Waals surface area (Å²) in [4.78, 5) is 31.0. The lowest BCUT2D eigenvalue weighted by Crippen LogP contribution is -2.03. The van der Waals surface area contributed by atoms with Gasteiger partial charge in [-0.2, -0.15) is 0 Å². The molecule has 102 heavy (non-hydrogen) atoms. The van der Waals surface area contributed by atoms with Crippen LogP contribution in [0.15, 0.2) is 291 Å². The minimum Gasteiger partial charge on any atom is -0.309 e. The average molecular weight is 1370 g/mol. The van der Waals surface area contributed by atoms with Crippen molar-refractivity contribution in [3.05, 3.63) is 297 Å². The second-order valence-electron chi connectivity index (χ2n) is 26.4. The van der Waals surface area contributed by atoms with E-state index in [1.54, 1.807) is 0 Å². The summed E-state index contributed by atoms with van der Waals surface area (Å²) in [6, 6.07) is 99.2. The summed E-state index contributed by atoms with van der Waals surface area (Å²) in [5.74, 6) is 3.93. The molecule has 0 atom stereocenters. The molecule has 0 N–H and O–H groups in total. The topological polar surface area (TPSA) is 87.2 Å². The maximum absolute atomic E-state index is 5.35. The van der Waals surface area contributed by atoms with Crippen molar-refractivity contribution >= 4 is 175 Å². The third-order valence-corrected chi connectivity index (χ3v) is 25.2. The normalized spacial score (nSPS) is 12.8. The SMILES string of the molecule is C1=CC(c2nc(-c3ccccc3)nc(-c3ccc4sc5c(ccc6c7cc(-n8c9ccccc9c9cc(-c%10cccc(-c%11nc(-c%12ccccc%12)nc(-c%12ccc%13sc%14cc%15c(cc%14c%13c%12)sc%12ccc(-n%13c%14ccccc%14c%14ccccc%14%13)cc%12%15)n%11)c%10)ccc98)ccc7sc65)c4c3)n2)=CCC1. The molecule has 1 aliphatic rings. The standard InChI is InChI=1S/C90H52N8S4/c1-4-17-51(18-5-1)85-91-86(52-19-6-2-7-20-52)94-89(93-85)57-33-40-79-67(45-57)64-36-37-65-69-47-59(35-42-80(69)102-84(65)83(64)101-79)98-75-30-15-12-27-63(75)66-44-55(31-38-76(66)98)54-23-16-24-56(43-54)88-92-87(53-21-8-3-9-22-53)95-90(96-88)58-32-39-77-68(46-58)71-49-82-72(50-81(71)99-77)70-48-60(34-41-78(70)100-82)97-73-28-13-10-25-61(73)62-26-11-14-29-74(62)97/h1,3-6,8-50H,2,7H2. The van der Waals surface area contributed by atoms with Gasteiger partial charge in [-0.15, -0.1) is 45.3 Å². The molecular weight excluding hydrogens is 1320 g/mol. The van der Waals surface area contributed by atoms with Crippen LogP contribution in [-0.2, 0) is 0 Å². The fraction of sp³-hybridized carbons (Fsp3) is 0.0222. The fourth-order valence-electron chi connectivity index (χ4n) is 15.6. The number of rotatable bonds is 9. The molecule has 0 saturated heterocycles. The summed E-state index contributed by atoms with van der Waals surface area (Å²) in [6.07, 6.45) is 8.57. The van der Waals surface area contributed by atoms with Gasteiger partial charge >= 0.3 is 0 Å². The third-order valence-electron chi connectivity index (χ3n) is 20.4. The summed E-state index contributed by atoms with van der Waals surface area (Å²) in [7, 11) is 0. The minimum absolute atomic E-state index is 0.618. The van der Waals surface area contributed by atoms with E-state index in [1.165, 1.54) is 119 Å². The maximum Gasteiger partial charge on any atom is 0.164 e. The quantitative estimate of drug-likeness (QED) is 0.143. The molecule has 0 saturated carbocycles. The predicted octanol–water partition coefficient (Wildman–Crippen LogP) is 25.5. The Bertz CT molecular complexity index is 7150. The van der Waals surface area contributed by atoms with E-state index >= 15 is 0 Å². The monoisotopic (exact) mass is 1370 g/mol. The van der Waals surface area contributed by atoms with Gasteiger partial charge in [-0.25, -0.2) is 29.9 Å². The van der Waals surface area contributed by atoms with Gasteiger partial charge < -0.3 is 9.13 Å². The lowest BCUT2D eigenvalue weighted by Gasteiger charge is -2.11. The Morgan fingerprint density at radius 1 is 0.235 bits per heavy atom. The van der Waals surface area contributed by atoms with E-state index in [2.05, 4.69) is 264 Å². The number of fused-ring (bicyclic) bond motifs is 19. The summed E-state index contributed by atoms with van der Waals surface area (Å²) >= 11 is 7.45. The van der Waals surface area contributed by atoms with Gasteiger partial charge in [0.05, 0.1) is 31.5 Å². The molecule has 0 amide bonds. The highest BCUT2D eigenvalue weighted by Crippen LogP contribution is 2.48. The highest BCUT2D eigenvalue weighted by atomic mass is 32.1. The third kappa shape index (κ3) is 9.17. The summed E-state index contributed by atoms with van der Waals surface area (Å²) < 4.78 is 15.0. The average Bonchev–Trinajstić information content (AvgIpc) is 1.58. The molecule has 0 spiro atoms. The van der Waals surface area contributed by atoms with Gasteiger partial charge in [0.1, 0.15) is 0 Å². The van der Waals surface area contributed by atoms with Crippen LogP contribution in [0.3, 0.4) is 0 Å². The van der Waals surface area contributed by atoms with Gasteiger partial charge in [0, 0.05) is 138 Å². The van der Waals surface area contributed by atoms with Crippen molar-refractivity contribution in [3.63, 3.8) is 0 Å². The van der Waals surface area contributed by atoms with Gasteiger partial charge in [-0.05, 0) is 145 Å². The van der Waals surface area contributed by atoms with Gasteiger partial charge in [0.15, 0.2) is 34.9 Å². The van der Waals surface area contributed by atoms with Crippen molar-refractivity contribution in [1.82, 2.24) is 39.0 Å². The molecule has 0 fully saturated rings. The lowest BCUT2D eigenvalue weighted by molar-refractivity contribution is 1.01. The summed E-state index contributed by atoms with van der Waals surface area (Å²) in [5.41, 5.74) is 15.0. The van der Waals surface area contributed by atoms with Crippen LogP contribution >= 0.6 is 45.3 Å². The zero-order valence-electron chi connectivity index (χ0n) is 54.3. The number of thiophene rings is 4. The highest BCUT2D eigenvalue weighted by Gasteiger charge is 2.23. The fourth-order valence-corrected chi connectivity index (χ4v) is 20.3. The molecule has 8 aromatic heterocycles. The van der Waals surface area contributed by atoms with Crippen LogP contribution in [0.1, 0.15) is 18.7 Å². The predicted molar refractivity (Wildman–Crippen MR) is 432 cm³/mol. The van der Waals surface area contributed by atoms with Crippen LogP contribution in [0.2, 0.25) is 0 Å². The summed E-state index contributed by atoms with van der Waals surface area (Å²) in [5, 5.41) is 14.9. The zero-order valence-corrected chi connectivity index (χ0v) is 57.6. The van der Waals surface area contributed by atoms with E-state index in [1.807, 2.05) is 81.7 Å². The lowest BCUT2D eigenvalue weighted by atomic mass is 10.0. The highest BCUT2D eigenvalue weighted by molar-refractivity contribution is 7.33. The Balaban J connectivity index is 0.602. The van der Waals surface area contributed by atoms with E-state index in [4.69, 9.17) is 29.9 Å². The van der Waals surface area contributed by atoms with Crippen molar-refractivity contribution in [2.24, 2.45) is 0 Å². The minimum atomic E-state index is 0.618. The van der Waals surface area contributed by atoms with Crippen molar-refractivity contribution in [2.45, 2.75) is 12.8 Å². The Labute approximate surface area is 599 Å². The Morgan fingerprint density at radius 2 is 0.618 bits per heavy atom. The number of hydrogen-bond donors (Lipinski definition) is 0. The van der Waals surface area contributed by atoms with Crippen LogP contribution in [-0.4, -0.2) is 39.0 Å². The van der Waals surface area contributed by atoms with Crippen LogP contribution in [0.5, 0.6) is 0 Å². The molecule has 21 aromatic rings. The van der Waals surface area contributed by atoms with Gasteiger partial charge in [-0.1, -0.05) is 170 Å². The Hall–Kier alpha value is -12.2. The number of benzene rings is 13. The van der Waals surface area contributed by atoms with E-state index in [0.29, 0.717) is 34.9 Å². The van der Waals surface area contributed by atoms with Gasteiger partial charge in [0.25, 0.3) is 0 Å². The molecule has 22 rings (SSSR count). The first-order valence-corrected chi connectivity index (χ1v) is 37.5. The molecule has 476 valence electrons. The molecule has 1 aliphatic carbocycles. The van der Waals surface area contributed by atoms with Gasteiger partial charge in [0.2, 0.25) is 0 Å². The second kappa shape index (κ2) is 22.7. The number of aromatic nitrogens is 8. The molecular formula is C90H52N8S4. The molecule has 12 heteroatoms. The first-order valence-electron chi connectivity index (χ1n) is 34.3. The van der Waals surface area contributed by atoms with E-state index < -0.39 is 0 Å². The van der Waals surface area contributed by atoms with Crippen LogP contribution in [0.4, 0.5) is 0 Å². The Morgan fingerprint density at radius 3 is 1.16 bits per heavy atom. The number of nitrogens with zero attached hydrogens (tertiary/aromatic N) is 8. The van der Waals surface area contributed by atoms with Crippen molar-refractivity contribution in [3.8, 4) is 79.4 Å². The molecule has 0 radical (unpaired) electrons. The first-order chi connectivity index (χ1) is 50.5. The Kier molecular flexibility index (Phi) is 12.8. The molecule has 8 nitrogen and oxygen atoms in total. The van der Waals surface area contributed by atoms with E-state index in [9.17, 15) is 0 Å². The molecule has 0 aliphatic heterocycles. The number of allylic oxidation sites excluding steroid dienone is 4. The molecule has 0 unspecified atom stereocenters. The first kappa shape index (κ1) is 57.7. The maximum atomic E-state index is 5.35. The zero-order chi connectivity index (χ0) is 66.7. The van der Waals surface area contributed by atoms with Crippen LogP contribution in [0, 0.1) is 0 Å². The number of para-hydroxylation sites is 3. The van der Waals surface area contributed by atoms with E-state index in [0.717, 1.165) is 74.1 Å².